The highest BCUT2D eigenvalue weighted by atomic mass is 16.6. The Bertz CT molecular complexity index is 728. The molecule has 1 fully saturated rings. The molecule has 0 saturated carbocycles. The zero-order chi connectivity index (χ0) is 18.7. The maximum atomic E-state index is 12.9. The fourth-order valence-corrected chi connectivity index (χ4v) is 4.24. The van der Waals surface area contributed by atoms with Crippen LogP contribution in [0, 0.1) is 5.92 Å². The van der Waals surface area contributed by atoms with E-state index in [4.69, 9.17) is 4.74 Å². The number of likely N-dealkylation sites (tertiary alicyclic amines) is 1. The molecule has 0 amide bonds. The SMILES string of the molecule is CC(C)N1C[C@@H](C)[C@](OC(=O)c2ccccc2)(c2ccccc2)C[C@H]1C. The molecule has 0 unspecified atom stereocenters. The van der Waals surface area contributed by atoms with Gasteiger partial charge in [0.15, 0.2) is 0 Å². The van der Waals surface area contributed by atoms with Crippen molar-refractivity contribution in [1.29, 1.82) is 0 Å². The first kappa shape index (κ1) is 18.7. The summed E-state index contributed by atoms with van der Waals surface area (Å²) in [6, 6.07) is 20.4. The number of carbonyl (C=O) groups is 1. The quantitative estimate of drug-likeness (QED) is 0.736. The number of nitrogens with zero attached hydrogens (tertiary/aromatic N) is 1. The van der Waals surface area contributed by atoms with Crippen LogP contribution in [-0.4, -0.2) is 29.5 Å². The van der Waals surface area contributed by atoms with Gasteiger partial charge < -0.3 is 4.74 Å². The Morgan fingerprint density at radius 2 is 1.62 bits per heavy atom. The van der Waals surface area contributed by atoms with Crippen molar-refractivity contribution in [2.75, 3.05) is 6.54 Å². The number of hydrogen-bond acceptors (Lipinski definition) is 3. The third kappa shape index (κ3) is 3.54. The lowest BCUT2D eigenvalue weighted by Crippen LogP contribution is -2.56. The van der Waals surface area contributed by atoms with E-state index >= 15 is 0 Å². The van der Waals surface area contributed by atoms with Gasteiger partial charge in [0.2, 0.25) is 0 Å². The van der Waals surface area contributed by atoms with E-state index in [9.17, 15) is 4.79 Å². The molecule has 3 nitrogen and oxygen atoms in total. The van der Waals surface area contributed by atoms with Crippen molar-refractivity contribution in [2.45, 2.75) is 51.8 Å². The van der Waals surface area contributed by atoms with Gasteiger partial charge in [0.1, 0.15) is 5.60 Å². The number of carbonyl (C=O) groups excluding carboxylic acids is 1. The summed E-state index contributed by atoms with van der Waals surface area (Å²) in [4.78, 5) is 15.4. The number of benzene rings is 2. The molecule has 2 aromatic carbocycles. The minimum Gasteiger partial charge on any atom is -0.450 e. The number of hydrogen-bond donors (Lipinski definition) is 0. The Morgan fingerprint density at radius 3 is 2.19 bits per heavy atom. The molecule has 3 heteroatoms. The fourth-order valence-electron chi connectivity index (χ4n) is 4.24. The van der Waals surface area contributed by atoms with Crippen LogP contribution < -0.4 is 0 Å². The highest BCUT2D eigenvalue weighted by Crippen LogP contribution is 2.44. The van der Waals surface area contributed by atoms with Crippen LogP contribution in [-0.2, 0) is 10.3 Å². The Hall–Kier alpha value is -2.13. The highest BCUT2D eigenvalue weighted by molar-refractivity contribution is 5.89. The van der Waals surface area contributed by atoms with E-state index in [1.807, 2.05) is 48.5 Å². The van der Waals surface area contributed by atoms with Gasteiger partial charge in [0.25, 0.3) is 0 Å². The first-order chi connectivity index (χ1) is 12.4. The molecular formula is C23H29NO2. The van der Waals surface area contributed by atoms with E-state index in [1.54, 1.807) is 0 Å². The van der Waals surface area contributed by atoms with Crippen molar-refractivity contribution in [1.82, 2.24) is 4.90 Å². The second-order valence-corrected chi connectivity index (χ2v) is 7.76. The molecule has 0 N–H and O–H groups in total. The fraction of sp³-hybridized carbons (Fsp3) is 0.435. The van der Waals surface area contributed by atoms with Gasteiger partial charge in [-0.2, -0.15) is 0 Å². The van der Waals surface area contributed by atoms with Crippen LogP contribution in [0.5, 0.6) is 0 Å². The van der Waals surface area contributed by atoms with Crippen LogP contribution in [0.2, 0.25) is 0 Å². The van der Waals surface area contributed by atoms with Gasteiger partial charge in [-0.05, 0) is 38.5 Å². The average Bonchev–Trinajstić information content (AvgIpc) is 2.65. The minimum atomic E-state index is -0.598. The minimum absolute atomic E-state index is 0.205. The molecular weight excluding hydrogens is 322 g/mol. The zero-order valence-corrected chi connectivity index (χ0v) is 16.2. The first-order valence-electron chi connectivity index (χ1n) is 9.53. The van der Waals surface area contributed by atoms with E-state index in [0.29, 0.717) is 17.6 Å². The lowest BCUT2D eigenvalue weighted by atomic mass is 9.73. The van der Waals surface area contributed by atoms with Gasteiger partial charge in [0, 0.05) is 31.0 Å². The molecule has 1 heterocycles. The second kappa shape index (κ2) is 7.63. The molecule has 0 aromatic heterocycles. The number of piperidine rings is 1. The molecule has 1 aliphatic heterocycles. The summed E-state index contributed by atoms with van der Waals surface area (Å²) >= 11 is 0. The van der Waals surface area contributed by atoms with Gasteiger partial charge >= 0.3 is 5.97 Å². The lowest BCUT2D eigenvalue weighted by molar-refractivity contribution is -0.109. The third-order valence-corrected chi connectivity index (χ3v) is 5.66. The van der Waals surface area contributed by atoms with Crippen LogP contribution in [0.3, 0.4) is 0 Å². The van der Waals surface area contributed by atoms with E-state index in [-0.39, 0.29) is 11.9 Å². The summed E-state index contributed by atoms with van der Waals surface area (Å²) in [7, 11) is 0. The van der Waals surface area contributed by atoms with E-state index in [0.717, 1.165) is 18.5 Å². The van der Waals surface area contributed by atoms with Crippen molar-refractivity contribution in [3.63, 3.8) is 0 Å². The average molecular weight is 351 g/mol. The molecule has 1 saturated heterocycles. The van der Waals surface area contributed by atoms with Crippen LogP contribution in [0.1, 0.15) is 50.0 Å². The Labute approximate surface area is 157 Å². The molecule has 1 aliphatic rings. The van der Waals surface area contributed by atoms with Gasteiger partial charge in [-0.15, -0.1) is 0 Å². The smallest absolute Gasteiger partial charge is 0.339 e. The molecule has 0 radical (unpaired) electrons. The molecule has 0 bridgehead atoms. The van der Waals surface area contributed by atoms with Crippen molar-refractivity contribution < 1.29 is 9.53 Å². The summed E-state index contributed by atoms with van der Waals surface area (Å²) in [5, 5.41) is 0. The summed E-state index contributed by atoms with van der Waals surface area (Å²) in [6.07, 6.45) is 0.801. The summed E-state index contributed by atoms with van der Waals surface area (Å²) in [6.45, 7) is 9.81. The van der Waals surface area contributed by atoms with E-state index < -0.39 is 5.60 Å². The van der Waals surface area contributed by atoms with Gasteiger partial charge in [-0.25, -0.2) is 4.79 Å². The number of rotatable bonds is 4. The molecule has 0 spiro atoms. The van der Waals surface area contributed by atoms with Crippen molar-refractivity contribution in [3.05, 3.63) is 71.8 Å². The van der Waals surface area contributed by atoms with Crippen LogP contribution in [0.25, 0.3) is 0 Å². The second-order valence-electron chi connectivity index (χ2n) is 7.76. The van der Waals surface area contributed by atoms with E-state index in [2.05, 4.69) is 44.7 Å². The van der Waals surface area contributed by atoms with Gasteiger partial charge in [0.05, 0.1) is 5.56 Å². The van der Waals surface area contributed by atoms with Crippen molar-refractivity contribution in [3.8, 4) is 0 Å². The molecule has 3 rings (SSSR count). The number of ether oxygens (including phenoxy) is 1. The highest BCUT2D eigenvalue weighted by Gasteiger charge is 2.48. The molecule has 0 aliphatic carbocycles. The standard InChI is InChI=1S/C23H29NO2/c1-17(2)24-16-18(3)23(15-19(24)4,21-13-9-6-10-14-21)26-22(25)20-11-7-5-8-12-20/h5-14,17-19H,15-16H2,1-4H3/t18-,19-,23+/m1/s1. The van der Waals surface area contributed by atoms with Gasteiger partial charge in [-0.1, -0.05) is 55.5 Å². The normalized spacial score (nSPS) is 26.7. The van der Waals surface area contributed by atoms with Gasteiger partial charge in [-0.3, -0.25) is 4.90 Å². The largest absolute Gasteiger partial charge is 0.450 e. The maximum Gasteiger partial charge on any atom is 0.339 e. The maximum absolute atomic E-state index is 12.9. The van der Waals surface area contributed by atoms with Crippen molar-refractivity contribution in [2.24, 2.45) is 5.92 Å². The predicted molar refractivity (Wildman–Crippen MR) is 105 cm³/mol. The van der Waals surface area contributed by atoms with Crippen LogP contribution in [0.15, 0.2) is 60.7 Å². The van der Waals surface area contributed by atoms with E-state index in [1.165, 1.54) is 0 Å². The lowest BCUT2D eigenvalue weighted by Gasteiger charge is -2.50. The number of esters is 1. The molecule has 2 aromatic rings. The van der Waals surface area contributed by atoms with Crippen LogP contribution >= 0.6 is 0 Å². The topological polar surface area (TPSA) is 29.5 Å². The summed E-state index contributed by atoms with van der Waals surface area (Å²) in [5.41, 5.74) is 1.10. The monoisotopic (exact) mass is 351 g/mol. The molecule has 26 heavy (non-hydrogen) atoms. The summed E-state index contributed by atoms with van der Waals surface area (Å²) in [5.74, 6) is -0.0392. The van der Waals surface area contributed by atoms with Crippen LogP contribution in [0.4, 0.5) is 0 Å². The molecule has 3 atom stereocenters. The Morgan fingerprint density at radius 1 is 1.04 bits per heavy atom. The Balaban J connectivity index is 1.97. The molecule has 138 valence electrons. The first-order valence-corrected chi connectivity index (χ1v) is 9.53. The zero-order valence-electron chi connectivity index (χ0n) is 16.2. The third-order valence-electron chi connectivity index (χ3n) is 5.66. The summed E-state index contributed by atoms with van der Waals surface area (Å²) < 4.78 is 6.30. The predicted octanol–water partition coefficient (Wildman–Crippen LogP) is 4.88. The Kier molecular flexibility index (Phi) is 5.47. The van der Waals surface area contributed by atoms with Crippen molar-refractivity contribution >= 4 is 5.97 Å².